The molecule has 0 aliphatic carbocycles. The minimum absolute atomic E-state index is 0.366. The average Bonchev–Trinajstić information content (AvgIpc) is 2.95. The number of hydrogen-bond acceptors (Lipinski definition) is 6. The average molecular weight is 387 g/mol. The molecule has 1 fully saturated rings. The van der Waals surface area contributed by atoms with Crippen LogP contribution in [0.15, 0.2) is 23.1 Å². The van der Waals surface area contributed by atoms with Crippen molar-refractivity contribution in [2.45, 2.75) is 25.3 Å². The van der Waals surface area contributed by atoms with Gasteiger partial charge in [-0.15, -0.1) is 5.10 Å². The Kier molecular flexibility index (Phi) is 5.22. The normalized spacial score (nSPS) is 17.3. The van der Waals surface area contributed by atoms with E-state index in [1.807, 2.05) is 19.9 Å². The molecule has 3 rings (SSSR count). The predicted octanol–water partition coefficient (Wildman–Crippen LogP) is 2.31. The van der Waals surface area contributed by atoms with Gasteiger partial charge < -0.3 is 0 Å². The fourth-order valence-corrected chi connectivity index (χ4v) is 4.77. The molecule has 0 amide bonds. The van der Waals surface area contributed by atoms with E-state index in [2.05, 4.69) is 14.5 Å². The molecule has 2 heterocycles. The van der Waals surface area contributed by atoms with Crippen LogP contribution in [0.1, 0.15) is 16.8 Å². The van der Waals surface area contributed by atoms with Crippen molar-refractivity contribution >= 4 is 33.2 Å². The van der Waals surface area contributed by atoms with Crippen LogP contribution < -0.4 is 0 Å². The molecule has 2 aromatic rings. The summed E-state index contributed by atoms with van der Waals surface area (Å²) in [6, 6.07) is 5.29. The smallest absolute Gasteiger partial charge is 0.243 e. The van der Waals surface area contributed by atoms with E-state index in [0.29, 0.717) is 42.0 Å². The molecule has 9 heteroatoms. The van der Waals surface area contributed by atoms with Crippen molar-refractivity contribution in [2.75, 3.05) is 26.2 Å². The number of piperazine rings is 1. The van der Waals surface area contributed by atoms with Gasteiger partial charge in [0.25, 0.3) is 0 Å². The maximum atomic E-state index is 12.8. The molecule has 0 N–H and O–H groups in total. The highest BCUT2D eigenvalue weighted by molar-refractivity contribution is 7.89. The molecule has 0 bridgehead atoms. The zero-order valence-electron chi connectivity index (χ0n) is 13.6. The monoisotopic (exact) mass is 386 g/mol. The minimum Gasteiger partial charge on any atom is -0.295 e. The van der Waals surface area contributed by atoms with Crippen molar-refractivity contribution in [1.29, 1.82) is 0 Å². The lowest BCUT2D eigenvalue weighted by atomic mass is 10.1. The van der Waals surface area contributed by atoms with Crippen molar-refractivity contribution in [3.05, 3.63) is 39.4 Å². The number of aryl methyl sites for hydroxylation is 2. The van der Waals surface area contributed by atoms with E-state index in [1.165, 1.54) is 11.5 Å². The topological polar surface area (TPSA) is 66.4 Å². The number of aromatic nitrogens is 2. The van der Waals surface area contributed by atoms with Crippen LogP contribution in [0.25, 0.3) is 0 Å². The number of nitrogens with zero attached hydrogens (tertiary/aromatic N) is 4. The molecule has 1 aromatic carbocycles. The van der Waals surface area contributed by atoms with Gasteiger partial charge in [-0.05, 0) is 37.1 Å². The standard InChI is InChI=1S/C15H19ClN4O2S2/c1-11-3-4-13(9-12(11)2)24(21,22)20-7-5-19(6-8-20)10-14-15(16)23-18-17-14/h3-4,9H,5-8,10H2,1-2H3. The first-order chi connectivity index (χ1) is 11.4. The Morgan fingerprint density at radius 3 is 2.46 bits per heavy atom. The van der Waals surface area contributed by atoms with Crippen molar-refractivity contribution in [3.8, 4) is 0 Å². The van der Waals surface area contributed by atoms with Gasteiger partial charge in [0.1, 0.15) is 10.0 Å². The largest absolute Gasteiger partial charge is 0.295 e. The van der Waals surface area contributed by atoms with Gasteiger partial charge >= 0.3 is 0 Å². The summed E-state index contributed by atoms with van der Waals surface area (Å²) in [7, 11) is -3.44. The van der Waals surface area contributed by atoms with Crippen LogP contribution in [-0.2, 0) is 16.6 Å². The fraction of sp³-hybridized carbons (Fsp3) is 0.467. The molecule has 1 aliphatic rings. The molecule has 0 atom stereocenters. The number of sulfonamides is 1. The molecular formula is C15H19ClN4O2S2. The van der Waals surface area contributed by atoms with E-state index in [4.69, 9.17) is 11.6 Å². The number of benzene rings is 1. The first-order valence-electron chi connectivity index (χ1n) is 7.64. The highest BCUT2D eigenvalue weighted by atomic mass is 35.5. The van der Waals surface area contributed by atoms with Crippen molar-refractivity contribution in [1.82, 2.24) is 18.8 Å². The summed E-state index contributed by atoms with van der Waals surface area (Å²) in [4.78, 5) is 2.51. The van der Waals surface area contributed by atoms with Crippen LogP contribution in [-0.4, -0.2) is 53.4 Å². The number of hydrogen-bond donors (Lipinski definition) is 0. The van der Waals surface area contributed by atoms with Gasteiger partial charge in [0.05, 0.1) is 4.90 Å². The van der Waals surface area contributed by atoms with Gasteiger partial charge in [0, 0.05) is 44.3 Å². The van der Waals surface area contributed by atoms with Crippen LogP contribution >= 0.6 is 23.1 Å². The van der Waals surface area contributed by atoms with Crippen molar-refractivity contribution in [2.24, 2.45) is 0 Å². The molecule has 1 saturated heterocycles. The third-order valence-electron chi connectivity index (χ3n) is 4.33. The highest BCUT2D eigenvalue weighted by Gasteiger charge is 2.29. The zero-order chi connectivity index (χ0) is 17.3. The second kappa shape index (κ2) is 7.05. The Morgan fingerprint density at radius 1 is 1.17 bits per heavy atom. The molecular weight excluding hydrogens is 368 g/mol. The molecule has 1 aliphatic heterocycles. The first-order valence-corrected chi connectivity index (χ1v) is 10.2. The molecule has 24 heavy (non-hydrogen) atoms. The summed E-state index contributed by atoms with van der Waals surface area (Å²) in [5, 5.41) is 4.01. The Bertz CT molecular complexity index is 830. The van der Waals surface area contributed by atoms with E-state index in [0.717, 1.165) is 16.8 Å². The lowest BCUT2D eigenvalue weighted by Crippen LogP contribution is -2.48. The Labute approximate surface area is 151 Å². The number of rotatable bonds is 4. The SMILES string of the molecule is Cc1ccc(S(=O)(=O)N2CCN(Cc3nnsc3Cl)CC2)cc1C. The van der Waals surface area contributed by atoms with Crippen LogP contribution in [0.3, 0.4) is 0 Å². The van der Waals surface area contributed by atoms with Crippen LogP contribution in [0.5, 0.6) is 0 Å². The molecule has 0 spiro atoms. The van der Waals surface area contributed by atoms with Gasteiger partial charge in [0.15, 0.2) is 0 Å². The van der Waals surface area contributed by atoms with Gasteiger partial charge in [0.2, 0.25) is 10.0 Å². The highest BCUT2D eigenvalue weighted by Crippen LogP contribution is 2.22. The first kappa shape index (κ1) is 17.8. The van der Waals surface area contributed by atoms with Crippen LogP contribution in [0.4, 0.5) is 0 Å². The van der Waals surface area contributed by atoms with E-state index in [-0.39, 0.29) is 0 Å². The molecule has 0 saturated carbocycles. The second-order valence-electron chi connectivity index (χ2n) is 5.92. The molecule has 130 valence electrons. The van der Waals surface area contributed by atoms with Crippen molar-refractivity contribution < 1.29 is 8.42 Å². The Balaban J connectivity index is 1.67. The minimum atomic E-state index is -3.44. The predicted molar refractivity (Wildman–Crippen MR) is 94.9 cm³/mol. The van der Waals surface area contributed by atoms with Crippen molar-refractivity contribution in [3.63, 3.8) is 0 Å². The Hall–Kier alpha value is -1.06. The van der Waals surface area contributed by atoms with Crippen LogP contribution in [0, 0.1) is 13.8 Å². The summed E-state index contributed by atoms with van der Waals surface area (Å²) < 4.78 is 31.6. The molecule has 0 radical (unpaired) electrons. The summed E-state index contributed by atoms with van der Waals surface area (Å²) in [6.07, 6.45) is 0. The number of halogens is 1. The quantitative estimate of drug-likeness (QED) is 0.806. The van der Waals surface area contributed by atoms with E-state index in [1.54, 1.807) is 16.4 Å². The van der Waals surface area contributed by atoms with Gasteiger partial charge in [-0.1, -0.05) is 22.2 Å². The maximum Gasteiger partial charge on any atom is 0.243 e. The molecule has 1 aromatic heterocycles. The summed E-state index contributed by atoms with van der Waals surface area (Å²) in [5.74, 6) is 0. The maximum absolute atomic E-state index is 12.8. The van der Waals surface area contributed by atoms with Gasteiger partial charge in [-0.25, -0.2) is 8.42 Å². The molecule has 6 nitrogen and oxygen atoms in total. The Morgan fingerprint density at radius 2 is 1.88 bits per heavy atom. The van der Waals surface area contributed by atoms with E-state index >= 15 is 0 Å². The lowest BCUT2D eigenvalue weighted by molar-refractivity contribution is 0.180. The summed E-state index contributed by atoms with van der Waals surface area (Å²) in [6.45, 7) is 6.73. The van der Waals surface area contributed by atoms with Gasteiger partial charge in [-0.3, -0.25) is 4.90 Å². The molecule has 0 unspecified atom stereocenters. The third kappa shape index (κ3) is 3.62. The summed E-state index contributed by atoms with van der Waals surface area (Å²) >= 11 is 7.20. The van der Waals surface area contributed by atoms with E-state index < -0.39 is 10.0 Å². The van der Waals surface area contributed by atoms with E-state index in [9.17, 15) is 8.42 Å². The second-order valence-corrected chi connectivity index (χ2v) is 9.21. The third-order valence-corrected chi connectivity index (χ3v) is 7.21. The zero-order valence-corrected chi connectivity index (χ0v) is 16.0. The lowest BCUT2D eigenvalue weighted by Gasteiger charge is -2.33. The van der Waals surface area contributed by atoms with Crippen LogP contribution in [0.2, 0.25) is 4.34 Å². The fourth-order valence-electron chi connectivity index (χ4n) is 2.65. The summed E-state index contributed by atoms with van der Waals surface area (Å²) in [5.41, 5.74) is 2.83. The van der Waals surface area contributed by atoms with Gasteiger partial charge in [-0.2, -0.15) is 4.31 Å².